The molecule has 1 aliphatic rings. The summed E-state index contributed by atoms with van der Waals surface area (Å²) in [6.07, 6.45) is 1.80. The first-order valence-electron chi connectivity index (χ1n) is 9.32. The topological polar surface area (TPSA) is 41.3 Å². The van der Waals surface area contributed by atoms with Gasteiger partial charge in [0.25, 0.3) is 0 Å². The van der Waals surface area contributed by atoms with Gasteiger partial charge in [-0.25, -0.2) is 0 Å². The summed E-state index contributed by atoms with van der Waals surface area (Å²) >= 11 is 11.9. The number of halogens is 1. The molecule has 28 heavy (non-hydrogen) atoms. The average molecular weight is 412 g/mol. The zero-order valence-corrected chi connectivity index (χ0v) is 17.6. The van der Waals surface area contributed by atoms with Gasteiger partial charge in [0.15, 0.2) is 5.11 Å². The molecule has 0 aliphatic carbocycles. The highest BCUT2D eigenvalue weighted by molar-refractivity contribution is 7.80. The molecule has 4 rings (SSSR count). The Morgan fingerprint density at radius 2 is 1.96 bits per heavy atom. The zero-order valence-electron chi connectivity index (χ0n) is 16.0. The van der Waals surface area contributed by atoms with E-state index in [2.05, 4.69) is 29.0 Å². The van der Waals surface area contributed by atoms with E-state index in [0.717, 1.165) is 33.4 Å². The zero-order chi connectivity index (χ0) is 19.8. The standard InChI is InChI=1S/C22H22ClN3OS/c1-13(2)26-21(20(25-22(26)28)17-9-4-5-12-24-17)19-11-10-18(27-19)15-7-6-8-16(23)14(15)3/h4-13,20-21H,1-3H3,(H,25,28). The van der Waals surface area contributed by atoms with Crippen LogP contribution < -0.4 is 5.32 Å². The number of hydrogen-bond acceptors (Lipinski definition) is 3. The molecule has 0 saturated carbocycles. The van der Waals surface area contributed by atoms with Crippen LogP contribution in [0.5, 0.6) is 0 Å². The van der Waals surface area contributed by atoms with Gasteiger partial charge in [-0.3, -0.25) is 4.98 Å². The predicted octanol–water partition coefficient (Wildman–Crippen LogP) is 5.68. The molecule has 0 radical (unpaired) electrons. The molecule has 1 saturated heterocycles. The van der Waals surface area contributed by atoms with Crippen molar-refractivity contribution in [3.8, 4) is 11.3 Å². The summed E-state index contributed by atoms with van der Waals surface area (Å²) < 4.78 is 6.34. The van der Waals surface area contributed by atoms with Crippen molar-refractivity contribution < 1.29 is 4.42 Å². The summed E-state index contributed by atoms with van der Waals surface area (Å²) in [5.41, 5.74) is 2.94. The Labute approximate surface area is 175 Å². The van der Waals surface area contributed by atoms with E-state index in [1.807, 2.05) is 55.5 Å². The van der Waals surface area contributed by atoms with Crippen LogP contribution >= 0.6 is 23.8 Å². The molecule has 0 spiro atoms. The molecular formula is C22H22ClN3OS. The van der Waals surface area contributed by atoms with Crippen LogP contribution in [0.1, 0.15) is 42.9 Å². The molecule has 6 heteroatoms. The number of aromatic nitrogens is 1. The van der Waals surface area contributed by atoms with Crippen molar-refractivity contribution in [2.75, 3.05) is 0 Å². The Hall–Kier alpha value is -2.37. The summed E-state index contributed by atoms with van der Waals surface area (Å²) in [6.45, 7) is 6.27. The number of thiocarbonyl (C=S) groups is 1. The minimum absolute atomic E-state index is 0.0735. The minimum Gasteiger partial charge on any atom is -0.459 e. The van der Waals surface area contributed by atoms with E-state index in [0.29, 0.717) is 5.11 Å². The maximum atomic E-state index is 6.34. The first kappa shape index (κ1) is 19.0. The number of furan rings is 1. The van der Waals surface area contributed by atoms with Gasteiger partial charge in [-0.05, 0) is 68.9 Å². The van der Waals surface area contributed by atoms with Crippen LogP contribution in [-0.2, 0) is 0 Å². The molecule has 144 valence electrons. The third kappa shape index (κ3) is 3.29. The van der Waals surface area contributed by atoms with Crippen LogP contribution in [0, 0.1) is 6.92 Å². The van der Waals surface area contributed by atoms with E-state index in [1.165, 1.54) is 0 Å². The second-order valence-corrected chi connectivity index (χ2v) is 8.04. The van der Waals surface area contributed by atoms with E-state index >= 15 is 0 Å². The molecule has 1 aliphatic heterocycles. The van der Waals surface area contributed by atoms with Crippen LogP contribution in [0.4, 0.5) is 0 Å². The van der Waals surface area contributed by atoms with Gasteiger partial charge in [0.05, 0.1) is 11.7 Å². The monoisotopic (exact) mass is 411 g/mol. The molecule has 0 bridgehead atoms. The number of nitrogens with zero attached hydrogens (tertiary/aromatic N) is 2. The number of nitrogens with one attached hydrogen (secondary N) is 1. The van der Waals surface area contributed by atoms with Crippen LogP contribution in [0.3, 0.4) is 0 Å². The van der Waals surface area contributed by atoms with E-state index < -0.39 is 0 Å². The first-order chi connectivity index (χ1) is 13.5. The largest absolute Gasteiger partial charge is 0.459 e. The van der Waals surface area contributed by atoms with E-state index in [9.17, 15) is 0 Å². The average Bonchev–Trinajstić information content (AvgIpc) is 3.29. The van der Waals surface area contributed by atoms with Gasteiger partial charge >= 0.3 is 0 Å². The number of pyridine rings is 1. The molecule has 1 fully saturated rings. The highest BCUT2D eigenvalue weighted by Crippen LogP contribution is 2.42. The van der Waals surface area contributed by atoms with Crippen molar-refractivity contribution >= 4 is 28.9 Å². The van der Waals surface area contributed by atoms with Crippen LogP contribution in [-0.4, -0.2) is 21.0 Å². The summed E-state index contributed by atoms with van der Waals surface area (Å²) in [7, 11) is 0. The molecule has 4 nitrogen and oxygen atoms in total. The Bertz CT molecular complexity index is 1000. The second kappa shape index (κ2) is 7.57. The predicted molar refractivity (Wildman–Crippen MR) is 116 cm³/mol. The van der Waals surface area contributed by atoms with Gasteiger partial charge in [-0.15, -0.1) is 0 Å². The number of rotatable bonds is 4. The fourth-order valence-electron chi connectivity index (χ4n) is 3.76. The fraction of sp³-hybridized carbons (Fsp3) is 0.273. The van der Waals surface area contributed by atoms with Crippen molar-refractivity contribution in [1.29, 1.82) is 0 Å². The van der Waals surface area contributed by atoms with Gasteiger partial charge in [0.1, 0.15) is 17.6 Å². The van der Waals surface area contributed by atoms with Crippen LogP contribution in [0.25, 0.3) is 11.3 Å². The quantitative estimate of drug-likeness (QED) is 0.559. The van der Waals surface area contributed by atoms with E-state index in [-0.39, 0.29) is 18.1 Å². The number of hydrogen-bond donors (Lipinski definition) is 1. The Balaban J connectivity index is 1.77. The number of benzene rings is 1. The van der Waals surface area contributed by atoms with Gasteiger partial charge in [-0.1, -0.05) is 29.8 Å². The molecule has 2 aromatic heterocycles. The van der Waals surface area contributed by atoms with E-state index in [4.69, 9.17) is 28.2 Å². The third-order valence-corrected chi connectivity index (χ3v) is 5.88. The lowest BCUT2D eigenvalue weighted by atomic mass is 10.0. The van der Waals surface area contributed by atoms with E-state index in [1.54, 1.807) is 6.20 Å². The van der Waals surface area contributed by atoms with Gasteiger partial charge in [0.2, 0.25) is 0 Å². The molecule has 0 amide bonds. The highest BCUT2D eigenvalue weighted by Gasteiger charge is 2.42. The second-order valence-electron chi connectivity index (χ2n) is 7.24. The van der Waals surface area contributed by atoms with Gasteiger partial charge in [-0.2, -0.15) is 0 Å². The maximum absolute atomic E-state index is 6.34. The maximum Gasteiger partial charge on any atom is 0.170 e. The summed E-state index contributed by atoms with van der Waals surface area (Å²) in [4.78, 5) is 6.73. The lowest BCUT2D eigenvalue weighted by Crippen LogP contribution is -2.35. The third-order valence-electron chi connectivity index (χ3n) is 5.14. The Morgan fingerprint density at radius 3 is 2.68 bits per heavy atom. The van der Waals surface area contributed by atoms with Crippen molar-refractivity contribution in [3.63, 3.8) is 0 Å². The van der Waals surface area contributed by atoms with Gasteiger partial charge in [0, 0.05) is 22.8 Å². The van der Waals surface area contributed by atoms with Crippen molar-refractivity contribution in [1.82, 2.24) is 15.2 Å². The molecule has 2 atom stereocenters. The van der Waals surface area contributed by atoms with Crippen LogP contribution in [0.2, 0.25) is 5.02 Å². The smallest absolute Gasteiger partial charge is 0.170 e. The molecule has 1 N–H and O–H groups in total. The van der Waals surface area contributed by atoms with Crippen molar-refractivity contribution in [3.05, 3.63) is 76.8 Å². The molecule has 1 aromatic carbocycles. The lowest BCUT2D eigenvalue weighted by Gasteiger charge is -2.29. The van der Waals surface area contributed by atoms with Crippen LogP contribution in [0.15, 0.2) is 59.1 Å². The van der Waals surface area contributed by atoms with Crippen molar-refractivity contribution in [2.45, 2.75) is 38.9 Å². The molecule has 2 unspecified atom stereocenters. The Kier molecular flexibility index (Phi) is 5.13. The summed E-state index contributed by atoms with van der Waals surface area (Å²) in [5.74, 6) is 1.65. The van der Waals surface area contributed by atoms with Gasteiger partial charge < -0.3 is 14.6 Å². The lowest BCUT2D eigenvalue weighted by molar-refractivity contribution is 0.237. The normalized spacial score (nSPS) is 19.3. The molecule has 3 aromatic rings. The Morgan fingerprint density at radius 1 is 1.14 bits per heavy atom. The highest BCUT2D eigenvalue weighted by atomic mass is 35.5. The minimum atomic E-state index is -0.0736. The first-order valence-corrected chi connectivity index (χ1v) is 10.1. The SMILES string of the molecule is Cc1c(Cl)cccc1-c1ccc(C2C(c3ccccn3)NC(=S)N2C(C)C)o1. The van der Waals surface area contributed by atoms with Crippen molar-refractivity contribution in [2.24, 2.45) is 0 Å². The molecular weight excluding hydrogens is 390 g/mol. The fourth-order valence-corrected chi connectivity index (χ4v) is 4.38. The summed E-state index contributed by atoms with van der Waals surface area (Å²) in [6, 6.07) is 15.9. The molecule has 3 heterocycles. The summed E-state index contributed by atoms with van der Waals surface area (Å²) in [5, 5.41) is 4.88.